The van der Waals surface area contributed by atoms with E-state index in [9.17, 15) is 4.79 Å². The van der Waals surface area contributed by atoms with Gasteiger partial charge in [0.2, 0.25) is 0 Å². The van der Waals surface area contributed by atoms with Crippen LogP contribution in [0.5, 0.6) is 5.75 Å². The quantitative estimate of drug-likeness (QED) is 0.605. The second-order valence-corrected chi connectivity index (χ2v) is 3.12. The molecular formula is C12H14O3. The van der Waals surface area contributed by atoms with E-state index in [2.05, 4.69) is 4.74 Å². The number of ether oxygens (including phenoxy) is 1. The van der Waals surface area contributed by atoms with Gasteiger partial charge < -0.3 is 9.84 Å². The van der Waals surface area contributed by atoms with Crippen molar-refractivity contribution < 1.29 is 14.6 Å². The first-order valence-corrected chi connectivity index (χ1v) is 4.72. The lowest BCUT2D eigenvalue weighted by Gasteiger charge is -1.96. The topological polar surface area (TPSA) is 46.5 Å². The van der Waals surface area contributed by atoms with Gasteiger partial charge in [0.05, 0.1) is 13.5 Å². The van der Waals surface area contributed by atoms with E-state index in [1.165, 1.54) is 7.11 Å². The van der Waals surface area contributed by atoms with Crippen LogP contribution in [0.2, 0.25) is 0 Å². The van der Waals surface area contributed by atoms with Gasteiger partial charge in [-0.2, -0.15) is 0 Å². The molecule has 0 fully saturated rings. The summed E-state index contributed by atoms with van der Waals surface area (Å²) in [5.74, 6) is 0.0225. The van der Waals surface area contributed by atoms with E-state index in [0.717, 1.165) is 12.0 Å². The van der Waals surface area contributed by atoms with E-state index in [-0.39, 0.29) is 11.7 Å². The average molecular weight is 206 g/mol. The molecule has 3 nitrogen and oxygen atoms in total. The van der Waals surface area contributed by atoms with Crippen LogP contribution >= 0.6 is 0 Å². The molecule has 0 aromatic heterocycles. The van der Waals surface area contributed by atoms with Crippen LogP contribution in [0.1, 0.15) is 12.0 Å². The number of phenolic OH excluding ortho intramolecular Hbond substituents is 1. The van der Waals surface area contributed by atoms with E-state index < -0.39 is 0 Å². The molecule has 80 valence electrons. The third kappa shape index (κ3) is 4.31. The molecule has 1 aromatic rings. The molecule has 0 heterocycles. The summed E-state index contributed by atoms with van der Waals surface area (Å²) < 4.78 is 4.49. The third-order valence-corrected chi connectivity index (χ3v) is 1.97. The number of aromatic hydroxyl groups is 1. The standard InChI is InChI=1S/C12H14O3/c1-15-12(14)5-3-2-4-10-6-8-11(13)9-7-10/h2-3,6-9,13H,4-5H2,1H3/b3-2-. The van der Waals surface area contributed by atoms with Crippen LogP contribution in [0.15, 0.2) is 36.4 Å². The van der Waals surface area contributed by atoms with Crippen molar-refractivity contribution in [3.8, 4) is 5.75 Å². The molecule has 0 radical (unpaired) electrons. The van der Waals surface area contributed by atoms with Gasteiger partial charge in [-0.3, -0.25) is 4.79 Å². The fourth-order valence-electron chi connectivity index (χ4n) is 1.11. The van der Waals surface area contributed by atoms with E-state index >= 15 is 0 Å². The Morgan fingerprint density at radius 3 is 2.60 bits per heavy atom. The van der Waals surface area contributed by atoms with Gasteiger partial charge in [0.15, 0.2) is 0 Å². The van der Waals surface area contributed by atoms with Crippen LogP contribution < -0.4 is 0 Å². The Bertz CT molecular complexity index is 338. The van der Waals surface area contributed by atoms with Gasteiger partial charge in [-0.1, -0.05) is 24.3 Å². The monoisotopic (exact) mass is 206 g/mol. The predicted molar refractivity (Wildman–Crippen MR) is 57.6 cm³/mol. The number of rotatable bonds is 4. The van der Waals surface area contributed by atoms with Crippen molar-refractivity contribution in [1.82, 2.24) is 0 Å². The van der Waals surface area contributed by atoms with Crippen LogP contribution in [0.3, 0.4) is 0 Å². The van der Waals surface area contributed by atoms with E-state index in [4.69, 9.17) is 5.11 Å². The predicted octanol–water partition coefficient (Wildman–Crippen LogP) is 2.05. The number of methoxy groups -OCH3 is 1. The molecule has 1 aromatic carbocycles. The molecule has 0 aliphatic heterocycles. The van der Waals surface area contributed by atoms with Crippen molar-refractivity contribution in [1.29, 1.82) is 0 Å². The molecule has 3 heteroatoms. The Morgan fingerprint density at radius 1 is 1.33 bits per heavy atom. The molecule has 0 aliphatic carbocycles. The molecule has 0 spiro atoms. The minimum atomic E-state index is -0.239. The Morgan fingerprint density at radius 2 is 2.00 bits per heavy atom. The fraction of sp³-hybridized carbons (Fsp3) is 0.250. The van der Waals surface area contributed by atoms with Crippen molar-refractivity contribution in [2.75, 3.05) is 7.11 Å². The minimum Gasteiger partial charge on any atom is -0.508 e. The summed E-state index contributed by atoms with van der Waals surface area (Å²) in [5, 5.41) is 9.05. The maximum absolute atomic E-state index is 10.8. The van der Waals surface area contributed by atoms with Gasteiger partial charge in [-0.05, 0) is 24.1 Å². The Hall–Kier alpha value is -1.77. The summed E-state index contributed by atoms with van der Waals surface area (Å²) in [7, 11) is 1.37. The maximum Gasteiger partial charge on any atom is 0.309 e. The third-order valence-electron chi connectivity index (χ3n) is 1.97. The van der Waals surface area contributed by atoms with Crippen molar-refractivity contribution in [2.45, 2.75) is 12.8 Å². The molecule has 0 bridgehead atoms. The smallest absolute Gasteiger partial charge is 0.309 e. The molecule has 1 N–H and O–H groups in total. The van der Waals surface area contributed by atoms with Crippen LogP contribution in [0.25, 0.3) is 0 Å². The van der Waals surface area contributed by atoms with Crippen LogP contribution in [-0.4, -0.2) is 18.2 Å². The molecule has 0 aliphatic rings. The van der Waals surface area contributed by atoms with E-state index in [1.54, 1.807) is 18.2 Å². The summed E-state index contributed by atoms with van der Waals surface area (Å²) in [6, 6.07) is 6.97. The highest BCUT2D eigenvalue weighted by atomic mass is 16.5. The van der Waals surface area contributed by atoms with Crippen molar-refractivity contribution >= 4 is 5.97 Å². The number of carbonyl (C=O) groups excluding carboxylic acids is 1. The number of carbonyl (C=O) groups is 1. The molecule has 0 atom stereocenters. The molecule has 15 heavy (non-hydrogen) atoms. The molecular weight excluding hydrogens is 192 g/mol. The van der Waals surface area contributed by atoms with Gasteiger partial charge in [0.25, 0.3) is 0 Å². The number of hydrogen-bond acceptors (Lipinski definition) is 3. The summed E-state index contributed by atoms with van der Waals surface area (Å²) in [5.41, 5.74) is 1.09. The fourth-order valence-corrected chi connectivity index (χ4v) is 1.11. The summed E-state index contributed by atoms with van der Waals surface area (Å²) in [4.78, 5) is 10.8. The average Bonchev–Trinajstić information content (AvgIpc) is 2.26. The zero-order chi connectivity index (χ0) is 11.1. The van der Waals surface area contributed by atoms with Gasteiger partial charge in [-0.15, -0.1) is 0 Å². The van der Waals surface area contributed by atoms with Crippen LogP contribution in [0, 0.1) is 0 Å². The Kier molecular flexibility index (Phi) is 4.41. The van der Waals surface area contributed by atoms with E-state index in [0.29, 0.717) is 6.42 Å². The number of phenols is 1. The molecule has 1 rings (SSSR count). The highest BCUT2D eigenvalue weighted by Crippen LogP contribution is 2.10. The van der Waals surface area contributed by atoms with Gasteiger partial charge in [-0.25, -0.2) is 0 Å². The SMILES string of the molecule is COC(=O)C/C=C\Cc1ccc(O)cc1. The maximum atomic E-state index is 10.8. The number of esters is 1. The number of hydrogen-bond donors (Lipinski definition) is 1. The summed E-state index contributed by atoms with van der Waals surface area (Å²) in [6.07, 6.45) is 4.73. The second kappa shape index (κ2) is 5.86. The molecule has 0 unspecified atom stereocenters. The normalized spacial score (nSPS) is 10.5. The van der Waals surface area contributed by atoms with Gasteiger partial charge >= 0.3 is 5.97 Å². The van der Waals surface area contributed by atoms with Gasteiger partial charge in [0.1, 0.15) is 5.75 Å². The highest BCUT2D eigenvalue weighted by molar-refractivity contribution is 5.70. The van der Waals surface area contributed by atoms with Crippen LogP contribution in [-0.2, 0) is 16.0 Å². The zero-order valence-electron chi connectivity index (χ0n) is 8.64. The molecule has 0 saturated carbocycles. The largest absolute Gasteiger partial charge is 0.508 e. The van der Waals surface area contributed by atoms with Gasteiger partial charge in [0, 0.05) is 0 Å². The Balaban J connectivity index is 2.37. The van der Waals surface area contributed by atoms with Crippen molar-refractivity contribution in [3.63, 3.8) is 0 Å². The first-order valence-electron chi connectivity index (χ1n) is 4.72. The molecule has 0 amide bonds. The second-order valence-electron chi connectivity index (χ2n) is 3.12. The lowest BCUT2D eigenvalue weighted by Crippen LogP contribution is -1.96. The summed E-state index contributed by atoms with van der Waals surface area (Å²) >= 11 is 0. The lowest BCUT2D eigenvalue weighted by atomic mass is 10.1. The first-order chi connectivity index (χ1) is 7.22. The Labute approximate surface area is 89.0 Å². The number of allylic oxidation sites excluding steroid dienone is 1. The van der Waals surface area contributed by atoms with E-state index in [1.807, 2.05) is 18.2 Å². The minimum absolute atomic E-state index is 0.239. The van der Waals surface area contributed by atoms with Crippen molar-refractivity contribution in [2.24, 2.45) is 0 Å². The summed E-state index contributed by atoms with van der Waals surface area (Å²) in [6.45, 7) is 0. The van der Waals surface area contributed by atoms with Crippen LogP contribution in [0.4, 0.5) is 0 Å². The number of benzene rings is 1. The zero-order valence-corrected chi connectivity index (χ0v) is 8.64. The van der Waals surface area contributed by atoms with Crippen molar-refractivity contribution in [3.05, 3.63) is 42.0 Å². The lowest BCUT2D eigenvalue weighted by molar-refractivity contribution is -0.139. The molecule has 0 saturated heterocycles. The highest BCUT2D eigenvalue weighted by Gasteiger charge is 1.94. The first kappa shape index (κ1) is 11.3.